The van der Waals surface area contributed by atoms with Gasteiger partial charge in [0.25, 0.3) is 0 Å². The van der Waals surface area contributed by atoms with E-state index in [1.54, 1.807) is 0 Å². The van der Waals surface area contributed by atoms with Gasteiger partial charge in [0.15, 0.2) is 0 Å². The van der Waals surface area contributed by atoms with Crippen LogP contribution in [0.4, 0.5) is 0 Å². The minimum Gasteiger partial charge on any atom is -0.316 e. The molecule has 1 fully saturated rings. The number of hydrogen-bond acceptors (Lipinski definition) is 4. The second-order valence-corrected chi connectivity index (χ2v) is 5.01. The zero-order valence-corrected chi connectivity index (χ0v) is 9.36. The molecule has 0 radical (unpaired) electrons. The summed E-state index contributed by atoms with van der Waals surface area (Å²) in [5.41, 5.74) is 0. The zero-order valence-electron chi connectivity index (χ0n) is 8.55. The van der Waals surface area contributed by atoms with Gasteiger partial charge in [-0.05, 0) is 32.5 Å². The number of nitrogens with one attached hydrogen (secondary N) is 2. The topological polar surface area (TPSA) is 37.0 Å². The molecule has 1 unspecified atom stereocenters. The molecule has 2 rings (SSSR count). The van der Waals surface area contributed by atoms with Gasteiger partial charge in [0.1, 0.15) is 0 Å². The number of aromatic nitrogens is 1. The highest BCUT2D eigenvalue weighted by Crippen LogP contribution is 2.19. The molecule has 0 spiro atoms. The molecule has 0 bridgehead atoms. The summed E-state index contributed by atoms with van der Waals surface area (Å²) in [7, 11) is 1.97. The second kappa shape index (κ2) is 4.87. The zero-order chi connectivity index (χ0) is 9.80. The predicted octanol–water partition coefficient (Wildman–Crippen LogP) is 1.01. The summed E-state index contributed by atoms with van der Waals surface area (Å²) in [5.74, 6) is 0.809. The van der Waals surface area contributed by atoms with Crippen molar-refractivity contribution in [2.45, 2.75) is 19.4 Å². The van der Waals surface area contributed by atoms with Gasteiger partial charge in [0.2, 0.25) is 0 Å². The van der Waals surface area contributed by atoms with Crippen LogP contribution >= 0.6 is 11.3 Å². The highest BCUT2D eigenvalue weighted by atomic mass is 32.1. The highest BCUT2D eigenvalue weighted by molar-refractivity contribution is 7.11. The minimum absolute atomic E-state index is 0.809. The second-order valence-electron chi connectivity index (χ2n) is 3.81. The summed E-state index contributed by atoms with van der Waals surface area (Å²) in [6.07, 6.45) is 4.46. The van der Waals surface area contributed by atoms with Gasteiger partial charge in [0.05, 0.1) is 5.01 Å². The number of nitrogens with zero attached hydrogens (tertiary/aromatic N) is 1. The maximum absolute atomic E-state index is 4.45. The van der Waals surface area contributed by atoms with Crippen LogP contribution in [0.3, 0.4) is 0 Å². The first-order valence-corrected chi connectivity index (χ1v) is 5.99. The maximum Gasteiger partial charge on any atom is 0.0931 e. The molecule has 0 saturated carbocycles. The molecule has 1 aromatic rings. The van der Waals surface area contributed by atoms with Gasteiger partial charge in [-0.1, -0.05) is 0 Å². The van der Waals surface area contributed by atoms with E-state index in [2.05, 4.69) is 15.6 Å². The Morgan fingerprint density at radius 1 is 1.71 bits per heavy atom. The van der Waals surface area contributed by atoms with Crippen molar-refractivity contribution in [2.24, 2.45) is 5.92 Å². The van der Waals surface area contributed by atoms with Crippen LogP contribution in [0.2, 0.25) is 0 Å². The van der Waals surface area contributed by atoms with Crippen molar-refractivity contribution in [1.82, 2.24) is 15.6 Å². The Hall–Kier alpha value is -0.450. The summed E-state index contributed by atoms with van der Waals surface area (Å²) in [5, 5.41) is 7.83. The summed E-state index contributed by atoms with van der Waals surface area (Å²) in [4.78, 5) is 5.79. The minimum atomic E-state index is 0.809. The lowest BCUT2D eigenvalue weighted by Crippen LogP contribution is -2.10. The third-order valence-corrected chi connectivity index (χ3v) is 3.60. The van der Waals surface area contributed by atoms with E-state index in [0.717, 1.165) is 18.9 Å². The van der Waals surface area contributed by atoms with Crippen molar-refractivity contribution < 1.29 is 0 Å². The van der Waals surface area contributed by atoms with Gasteiger partial charge in [-0.25, -0.2) is 4.98 Å². The fourth-order valence-corrected chi connectivity index (χ4v) is 2.88. The van der Waals surface area contributed by atoms with Crippen molar-refractivity contribution in [3.05, 3.63) is 16.1 Å². The van der Waals surface area contributed by atoms with E-state index in [-0.39, 0.29) is 0 Å². The standard InChI is InChI=1S/C10H17N3S/c1-11-6-9-7-13-10(14-9)4-8-2-3-12-5-8/h7-8,11-12H,2-6H2,1H3. The van der Waals surface area contributed by atoms with Crippen LogP contribution in [0.5, 0.6) is 0 Å². The smallest absolute Gasteiger partial charge is 0.0931 e. The van der Waals surface area contributed by atoms with Crippen molar-refractivity contribution >= 4 is 11.3 Å². The quantitative estimate of drug-likeness (QED) is 0.780. The largest absolute Gasteiger partial charge is 0.316 e. The lowest BCUT2D eigenvalue weighted by Gasteiger charge is -2.03. The van der Waals surface area contributed by atoms with E-state index in [1.165, 1.54) is 29.4 Å². The molecular formula is C10H17N3S. The Kier molecular flexibility index (Phi) is 3.50. The number of thiazole rings is 1. The lowest BCUT2D eigenvalue weighted by atomic mass is 10.1. The van der Waals surface area contributed by atoms with E-state index in [0.29, 0.717) is 0 Å². The SMILES string of the molecule is CNCc1cnc(CC2CCNC2)s1. The number of rotatable bonds is 4. The summed E-state index contributed by atoms with van der Waals surface area (Å²) >= 11 is 1.84. The fourth-order valence-electron chi connectivity index (χ4n) is 1.83. The van der Waals surface area contributed by atoms with Gasteiger partial charge in [-0.15, -0.1) is 11.3 Å². The van der Waals surface area contributed by atoms with Gasteiger partial charge in [-0.3, -0.25) is 0 Å². The molecule has 0 amide bonds. The molecule has 1 saturated heterocycles. The van der Waals surface area contributed by atoms with Crippen LogP contribution in [0.25, 0.3) is 0 Å². The van der Waals surface area contributed by atoms with Crippen LogP contribution < -0.4 is 10.6 Å². The molecule has 14 heavy (non-hydrogen) atoms. The van der Waals surface area contributed by atoms with Gasteiger partial charge < -0.3 is 10.6 Å². The first kappa shape index (κ1) is 10.1. The molecule has 4 heteroatoms. The summed E-state index contributed by atoms with van der Waals surface area (Å²) in [6, 6.07) is 0. The van der Waals surface area contributed by atoms with Gasteiger partial charge >= 0.3 is 0 Å². The van der Waals surface area contributed by atoms with Crippen LogP contribution in [0.1, 0.15) is 16.3 Å². The lowest BCUT2D eigenvalue weighted by molar-refractivity contribution is 0.578. The van der Waals surface area contributed by atoms with E-state index >= 15 is 0 Å². The average Bonchev–Trinajstić information content (AvgIpc) is 2.79. The predicted molar refractivity (Wildman–Crippen MR) is 59.6 cm³/mol. The van der Waals surface area contributed by atoms with Crippen LogP contribution in [0.15, 0.2) is 6.20 Å². The van der Waals surface area contributed by atoms with E-state index < -0.39 is 0 Å². The molecule has 1 aromatic heterocycles. The molecule has 0 aliphatic carbocycles. The molecule has 1 atom stereocenters. The van der Waals surface area contributed by atoms with Crippen molar-refractivity contribution in [1.29, 1.82) is 0 Å². The third kappa shape index (κ3) is 2.53. The highest BCUT2D eigenvalue weighted by Gasteiger charge is 2.16. The van der Waals surface area contributed by atoms with E-state index in [9.17, 15) is 0 Å². The molecule has 3 nitrogen and oxygen atoms in total. The molecule has 2 N–H and O–H groups in total. The van der Waals surface area contributed by atoms with Crippen LogP contribution in [-0.4, -0.2) is 25.1 Å². The van der Waals surface area contributed by atoms with E-state index in [4.69, 9.17) is 0 Å². The Balaban J connectivity index is 1.88. The van der Waals surface area contributed by atoms with Gasteiger partial charge in [0, 0.05) is 24.0 Å². The Morgan fingerprint density at radius 3 is 3.36 bits per heavy atom. The van der Waals surface area contributed by atoms with Gasteiger partial charge in [-0.2, -0.15) is 0 Å². The van der Waals surface area contributed by atoms with Crippen molar-refractivity contribution in [2.75, 3.05) is 20.1 Å². The number of hydrogen-bond donors (Lipinski definition) is 2. The summed E-state index contributed by atoms with van der Waals surface area (Å²) in [6.45, 7) is 3.29. The van der Waals surface area contributed by atoms with Crippen molar-refractivity contribution in [3.63, 3.8) is 0 Å². The van der Waals surface area contributed by atoms with E-state index in [1.807, 2.05) is 24.6 Å². The normalized spacial score (nSPS) is 21.6. The Labute approximate surface area is 88.9 Å². The van der Waals surface area contributed by atoms with Crippen LogP contribution in [0, 0.1) is 5.92 Å². The average molecular weight is 211 g/mol. The van der Waals surface area contributed by atoms with Crippen molar-refractivity contribution in [3.8, 4) is 0 Å². The Morgan fingerprint density at radius 2 is 2.64 bits per heavy atom. The monoisotopic (exact) mass is 211 g/mol. The molecule has 2 heterocycles. The molecule has 0 aromatic carbocycles. The fraction of sp³-hybridized carbons (Fsp3) is 0.700. The molecule has 78 valence electrons. The summed E-state index contributed by atoms with van der Waals surface area (Å²) < 4.78 is 0. The first-order valence-electron chi connectivity index (χ1n) is 5.17. The Bertz CT molecular complexity index is 279. The maximum atomic E-state index is 4.45. The first-order chi connectivity index (χ1) is 6.88. The molecule has 1 aliphatic rings. The molecular weight excluding hydrogens is 194 g/mol. The van der Waals surface area contributed by atoms with Crippen LogP contribution in [-0.2, 0) is 13.0 Å². The molecule has 1 aliphatic heterocycles. The third-order valence-electron chi connectivity index (χ3n) is 2.58.